The van der Waals surface area contributed by atoms with Crippen LogP contribution in [-0.2, 0) is 5.41 Å². The third-order valence-corrected chi connectivity index (χ3v) is 12.7. The maximum atomic E-state index is 2.50. The van der Waals surface area contributed by atoms with Crippen molar-refractivity contribution in [2.45, 2.75) is 19.3 Å². The van der Waals surface area contributed by atoms with Crippen molar-refractivity contribution in [2.24, 2.45) is 0 Å². The van der Waals surface area contributed by atoms with E-state index in [1.807, 2.05) is 11.3 Å². The van der Waals surface area contributed by atoms with Crippen molar-refractivity contribution in [1.29, 1.82) is 0 Å². The Bertz CT molecular complexity index is 3010. The Morgan fingerprint density at radius 2 is 0.885 bits per heavy atom. The van der Waals surface area contributed by atoms with Crippen LogP contribution in [0.5, 0.6) is 0 Å². The highest BCUT2D eigenvalue weighted by Crippen LogP contribution is 2.58. The molecule has 0 radical (unpaired) electrons. The fraction of sp³-hybridized carbons (Fsp3) is 0.0588. The van der Waals surface area contributed by atoms with Crippen LogP contribution in [-0.4, -0.2) is 0 Å². The van der Waals surface area contributed by atoms with Gasteiger partial charge in [0.1, 0.15) is 0 Å². The topological polar surface area (TPSA) is 0 Å². The smallest absolute Gasteiger partial charge is 0.0368 e. The SMILES string of the molecule is CC1(C)c2ccc3ccccc3c2-c2cc3sc4ccccc4c3c(-c3ccc(-c4c5ccccc5c(-c5ccccc5)c5ccccc45)cc3)c21. The molecular formula is C51H34S. The molecule has 0 bridgehead atoms. The van der Waals surface area contributed by atoms with Crippen molar-refractivity contribution in [3.63, 3.8) is 0 Å². The van der Waals surface area contributed by atoms with Crippen molar-refractivity contribution in [3.05, 3.63) is 181 Å². The Morgan fingerprint density at radius 1 is 0.385 bits per heavy atom. The molecule has 0 amide bonds. The van der Waals surface area contributed by atoms with Crippen LogP contribution in [0.1, 0.15) is 25.0 Å². The van der Waals surface area contributed by atoms with Gasteiger partial charge in [-0.3, -0.25) is 0 Å². The number of hydrogen-bond acceptors (Lipinski definition) is 1. The molecule has 1 aromatic heterocycles. The molecule has 1 aliphatic carbocycles. The van der Waals surface area contributed by atoms with Gasteiger partial charge in [0.15, 0.2) is 0 Å². The maximum absolute atomic E-state index is 2.50. The average molecular weight is 679 g/mol. The van der Waals surface area contributed by atoms with Gasteiger partial charge >= 0.3 is 0 Å². The lowest BCUT2D eigenvalue weighted by Crippen LogP contribution is -2.16. The second-order valence-corrected chi connectivity index (χ2v) is 15.8. The summed E-state index contributed by atoms with van der Waals surface area (Å²) in [6, 6.07) is 63.3. The molecule has 10 aromatic rings. The first-order valence-corrected chi connectivity index (χ1v) is 19.0. The highest BCUT2D eigenvalue weighted by molar-refractivity contribution is 7.26. The van der Waals surface area contributed by atoms with Gasteiger partial charge in [-0.15, -0.1) is 11.3 Å². The van der Waals surface area contributed by atoms with E-state index in [2.05, 4.69) is 184 Å². The van der Waals surface area contributed by atoms with Gasteiger partial charge in [0, 0.05) is 25.6 Å². The minimum atomic E-state index is -0.167. The van der Waals surface area contributed by atoms with E-state index < -0.39 is 0 Å². The quantitative estimate of drug-likeness (QED) is 0.163. The van der Waals surface area contributed by atoms with E-state index in [1.54, 1.807) is 0 Å². The molecule has 0 atom stereocenters. The highest BCUT2D eigenvalue weighted by atomic mass is 32.1. The van der Waals surface area contributed by atoms with Gasteiger partial charge < -0.3 is 0 Å². The van der Waals surface area contributed by atoms with Crippen LogP contribution in [0.2, 0.25) is 0 Å². The summed E-state index contributed by atoms with van der Waals surface area (Å²) >= 11 is 1.92. The lowest BCUT2D eigenvalue weighted by atomic mass is 9.77. The van der Waals surface area contributed by atoms with Gasteiger partial charge in [0.2, 0.25) is 0 Å². The molecule has 0 N–H and O–H groups in total. The molecule has 0 saturated carbocycles. The van der Waals surface area contributed by atoms with Gasteiger partial charge in [-0.05, 0) is 100 Å². The second-order valence-electron chi connectivity index (χ2n) is 14.8. The monoisotopic (exact) mass is 678 g/mol. The predicted octanol–water partition coefficient (Wildman–Crippen LogP) is 14.8. The number of fused-ring (bicyclic) bond motifs is 10. The first kappa shape index (κ1) is 29.7. The van der Waals surface area contributed by atoms with Gasteiger partial charge in [0.05, 0.1) is 0 Å². The first-order valence-electron chi connectivity index (χ1n) is 18.2. The van der Waals surface area contributed by atoms with Crippen molar-refractivity contribution < 1.29 is 0 Å². The van der Waals surface area contributed by atoms with Gasteiger partial charge in [0.25, 0.3) is 0 Å². The Labute approximate surface area is 307 Å². The van der Waals surface area contributed by atoms with Crippen LogP contribution in [0.15, 0.2) is 170 Å². The van der Waals surface area contributed by atoms with Crippen LogP contribution >= 0.6 is 11.3 Å². The Balaban J connectivity index is 1.19. The molecule has 52 heavy (non-hydrogen) atoms. The Hall–Kier alpha value is -6.02. The average Bonchev–Trinajstić information content (AvgIpc) is 3.68. The van der Waals surface area contributed by atoms with E-state index in [0.29, 0.717) is 0 Å². The summed E-state index contributed by atoms with van der Waals surface area (Å²) < 4.78 is 2.69. The predicted molar refractivity (Wildman–Crippen MR) is 226 cm³/mol. The zero-order valence-electron chi connectivity index (χ0n) is 29.1. The summed E-state index contributed by atoms with van der Waals surface area (Å²) in [4.78, 5) is 0. The maximum Gasteiger partial charge on any atom is 0.0368 e. The van der Waals surface area contributed by atoms with Crippen LogP contribution in [0.25, 0.3) is 97.0 Å². The molecule has 0 aliphatic heterocycles. The van der Waals surface area contributed by atoms with Crippen LogP contribution in [0.4, 0.5) is 0 Å². The summed E-state index contributed by atoms with van der Waals surface area (Å²) in [5.74, 6) is 0. The molecule has 0 spiro atoms. The zero-order valence-corrected chi connectivity index (χ0v) is 29.9. The molecule has 1 aliphatic rings. The fourth-order valence-electron chi connectivity index (χ4n) is 9.40. The van der Waals surface area contributed by atoms with Gasteiger partial charge in [-0.2, -0.15) is 0 Å². The van der Waals surface area contributed by atoms with Crippen LogP contribution in [0, 0.1) is 0 Å². The molecule has 1 heterocycles. The van der Waals surface area contributed by atoms with E-state index in [9.17, 15) is 0 Å². The Kier molecular flexibility index (Phi) is 6.27. The molecule has 0 fully saturated rings. The summed E-state index contributed by atoms with van der Waals surface area (Å²) in [5, 5.41) is 10.5. The van der Waals surface area contributed by atoms with E-state index in [0.717, 1.165) is 0 Å². The third kappa shape index (κ3) is 4.09. The minimum absolute atomic E-state index is 0.167. The second kappa shape index (κ2) is 11.0. The molecule has 0 saturated heterocycles. The largest absolute Gasteiger partial charge is 0.135 e. The van der Waals surface area contributed by atoms with Crippen LogP contribution < -0.4 is 0 Å². The van der Waals surface area contributed by atoms with E-state index in [-0.39, 0.29) is 5.41 Å². The van der Waals surface area contributed by atoms with E-state index >= 15 is 0 Å². The van der Waals surface area contributed by atoms with E-state index in [1.165, 1.54) is 108 Å². The summed E-state index contributed by atoms with van der Waals surface area (Å²) in [6.45, 7) is 4.86. The summed E-state index contributed by atoms with van der Waals surface area (Å²) in [5.41, 5.74) is 13.2. The lowest BCUT2D eigenvalue weighted by molar-refractivity contribution is 0.663. The van der Waals surface area contributed by atoms with Crippen molar-refractivity contribution in [3.8, 4) is 44.5 Å². The fourth-order valence-corrected chi connectivity index (χ4v) is 10.6. The minimum Gasteiger partial charge on any atom is -0.135 e. The van der Waals surface area contributed by atoms with Crippen molar-refractivity contribution in [2.75, 3.05) is 0 Å². The van der Waals surface area contributed by atoms with Crippen LogP contribution in [0.3, 0.4) is 0 Å². The molecular weight excluding hydrogens is 645 g/mol. The lowest BCUT2D eigenvalue weighted by Gasteiger charge is -2.25. The van der Waals surface area contributed by atoms with E-state index in [4.69, 9.17) is 0 Å². The Morgan fingerprint density at radius 3 is 1.52 bits per heavy atom. The molecule has 0 nitrogen and oxygen atoms in total. The standard InChI is InChI=1S/C51H34S/c1-51(2)42-29-28-31-14-6-7-17-35(31)48(42)41-30-44-49(40-22-12-13-23-43(40)52-44)47(50(41)51)34-26-24-33(25-27-34)46-38-20-10-8-18-36(38)45(32-15-4-3-5-16-32)37-19-9-11-21-39(37)46/h3-30H,1-2H3. The normalized spacial score (nSPS) is 13.3. The van der Waals surface area contributed by atoms with Crippen molar-refractivity contribution in [1.82, 2.24) is 0 Å². The first-order chi connectivity index (χ1) is 25.6. The molecule has 1 heteroatoms. The van der Waals surface area contributed by atoms with Crippen molar-refractivity contribution >= 4 is 63.8 Å². The molecule has 9 aromatic carbocycles. The summed E-state index contributed by atoms with van der Waals surface area (Å²) in [6.07, 6.45) is 0. The van der Waals surface area contributed by atoms with Gasteiger partial charge in [-0.25, -0.2) is 0 Å². The molecule has 11 rings (SSSR count). The highest BCUT2D eigenvalue weighted by Gasteiger charge is 2.40. The number of rotatable bonds is 3. The number of thiophene rings is 1. The third-order valence-electron chi connectivity index (χ3n) is 11.6. The molecule has 244 valence electrons. The number of benzene rings is 9. The number of hydrogen-bond donors (Lipinski definition) is 0. The zero-order chi connectivity index (χ0) is 34.6. The van der Waals surface area contributed by atoms with Gasteiger partial charge in [-0.1, -0.05) is 172 Å². The summed E-state index contributed by atoms with van der Waals surface area (Å²) in [7, 11) is 0. The molecule has 0 unspecified atom stereocenters.